The molecular weight excluding hydrogens is 254 g/mol. The third kappa shape index (κ3) is 3.81. The van der Waals surface area contributed by atoms with Crippen molar-refractivity contribution >= 4 is 5.97 Å². The Hall–Kier alpha value is -1.39. The van der Waals surface area contributed by atoms with Gasteiger partial charge in [-0.1, -0.05) is 23.8 Å². The molecule has 0 saturated heterocycles. The number of aryl methyl sites for hydroxylation is 2. The maximum Gasteiger partial charge on any atom is 0.307 e. The first-order valence-electron chi connectivity index (χ1n) is 7.09. The first kappa shape index (κ1) is 15.0. The van der Waals surface area contributed by atoms with Crippen LogP contribution in [0.3, 0.4) is 0 Å². The minimum Gasteiger partial charge on any atom is -0.469 e. The van der Waals surface area contributed by atoms with Crippen molar-refractivity contribution in [3.63, 3.8) is 0 Å². The van der Waals surface area contributed by atoms with Gasteiger partial charge < -0.3 is 15.2 Å². The van der Waals surface area contributed by atoms with Gasteiger partial charge >= 0.3 is 5.97 Å². The van der Waals surface area contributed by atoms with E-state index in [0.29, 0.717) is 6.04 Å². The van der Waals surface area contributed by atoms with Crippen LogP contribution in [0.2, 0.25) is 0 Å². The maximum atomic E-state index is 11.5. The van der Waals surface area contributed by atoms with Gasteiger partial charge in [0.15, 0.2) is 0 Å². The van der Waals surface area contributed by atoms with Gasteiger partial charge in [0.25, 0.3) is 0 Å². The van der Waals surface area contributed by atoms with Crippen LogP contribution in [-0.4, -0.2) is 30.3 Å². The summed E-state index contributed by atoms with van der Waals surface area (Å²) in [5, 5.41) is 14.0. The summed E-state index contributed by atoms with van der Waals surface area (Å²) in [5.41, 5.74) is 3.02. The Bertz CT molecular complexity index is 483. The lowest BCUT2D eigenvalue weighted by Crippen LogP contribution is -2.38. The molecule has 1 aromatic carbocycles. The normalized spacial score (nSPS) is 17.6. The van der Waals surface area contributed by atoms with Crippen molar-refractivity contribution in [2.24, 2.45) is 0 Å². The molecule has 1 aliphatic rings. The zero-order valence-electron chi connectivity index (χ0n) is 12.3. The molecule has 1 aliphatic carbocycles. The van der Waals surface area contributed by atoms with Crippen LogP contribution in [0.1, 0.15) is 42.1 Å². The van der Waals surface area contributed by atoms with Gasteiger partial charge in [-0.25, -0.2) is 0 Å². The van der Waals surface area contributed by atoms with E-state index in [1.54, 1.807) is 0 Å². The number of benzene rings is 1. The van der Waals surface area contributed by atoms with E-state index >= 15 is 0 Å². The second-order valence-corrected chi connectivity index (χ2v) is 5.63. The zero-order valence-corrected chi connectivity index (χ0v) is 12.3. The molecule has 110 valence electrons. The molecule has 2 N–H and O–H groups in total. The molecule has 1 fully saturated rings. The molecule has 0 amide bonds. The third-order valence-corrected chi connectivity index (χ3v) is 3.78. The highest BCUT2D eigenvalue weighted by atomic mass is 16.5. The monoisotopic (exact) mass is 277 g/mol. The molecule has 2 rings (SSSR count). The molecule has 4 heteroatoms. The van der Waals surface area contributed by atoms with Crippen LogP contribution < -0.4 is 5.32 Å². The highest BCUT2D eigenvalue weighted by molar-refractivity contribution is 5.70. The lowest BCUT2D eigenvalue weighted by atomic mass is 9.94. The Morgan fingerprint density at radius 2 is 2.15 bits per heavy atom. The van der Waals surface area contributed by atoms with Gasteiger partial charge in [0.05, 0.1) is 19.6 Å². The second-order valence-electron chi connectivity index (χ2n) is 5.63. The van der Waals surface area contributed by atoms with E-state index in [1.165, 1.54) is 7.11 Å². The van der Waals surface area contributed by atoms with Crippen LogP contribution >= 0.6 is 0 Å². The minimum absolute atomic E-state index is 0.182. The summed E-state index contributed by atoms with van der Waals surface area (Å²) in [6, 6.07) is 6.13. The molecule has 4 nitrogen and oxygen atoms in total. The molecule has 0 aromatic heterocycles. The third-order valence-electron chi connectivity index (χ3n) is 3.78. The van der Waals surface area contributed by atoms with Crippen LogP contribution in [0.4, 0.5) is 0 Å². The number of nitrogens with one attached hydrogen (secondary N) is 1. The number of aliphatic hydroxyl groups is 1. The summed E-state index contributed by atoms with van der Waals surface area (Å²) in [6.45, 7) is 3.98. The predicted octanol–water partition coefficient (Wildman–Crippen LogP) is 2.02. The average Bonchev–Trinajstić information content (AvgIpc) is 3.23. The number of methoxy groups -OCH3 is 1. The Morgan fingerprint density at radius 1 is 1.45 bits per heavy atom. The number of carbonyl (C=O) groups excluding carboxylic acids is 1. The van der Waals surface area contributed by atoms with Gasteiger partial charge in [0, 0.05) is 12.1 Å². The summed E-state index contributed by atoms with van der Waals surface area (Å²) >= 11 is 0. The Labute approximate surface area is 120 Å². The molecule has 2 unspecified atom stereocenters. The zero-order chi connectivity index (χ0) is 14.7. The molecule has 0 bridgehead atoms. The number of hydrogen-bond acceptors (Lipinski definition) is 4. The summed E-state index contributed by atoms with van der Waals surface area (Å²) in [7, 11) is 1.38. The van der Waals surface area contributed by atoms with E-state index in [-0.39, 0.29) is 18.4 Å². The fourth-order valence-electron chi connectivity index (χ4n) is 2.37. The van der Waals surface area contributed by atoms with Crippen molar-refractivity contribution in [1.29, 1.82) is 0 Å². The van der Waals surface area contributed by atoms with Crippen molar-refractivity contribution < 1.29 is 14.6 Å². The predicted molar refractivity (Wildman–Crippen MR) is 77.5 cm³/mol. The van der Waals surface area contributed by atoms with Crippen LogP contribution in [0.5, 0.6) is 0 Å². The summed E-state index contributed by atoms with van der Waals surface area (Å²) in [6.07, 6.45) is 1.70. The van der Waals surface area contributed by atoms with Gasteiger partial charge in [-0.3, -0.25) is 4.79 Å². The topological polar surface area (TPSA) is 58.6 Å². The Kier molecular flexibility index (Phi) is 4.78. The number of esters is 1. The highest BCUT2D eigenvalue weighted by Gasteiger charge is 2.31. The fraction of sp³-hybridized carbons (Fsp3) is 0.562. The van der Waals surface area contributed by atoms with Crippen molar-refractivity contribution in [1.82, 2.24) is 5.32 Å². The van der Waals surface area contributed by atoms with Gasteiger partial charge in [-0.15, -0.1) is 0 Å². The summed E-state index contributed by atoms with van der Waals surface area (Å²) in [4.78, 5) is 11.5. The molecular formula is C16H23NO3. The van der Waals surface area contributed by atoms with Crippen LogP contribution in [0.15, 0.2) is 18.2 Å². The van der Waals surface area contributed by atoms with Gasteiger partial charge in [0.2, 0.25) is 0 Å². The fourth-order valence-corrected chi connectivity index (χ4v) is 2.37. The van der Waals surface area contributed by atoms with Crippen molar-refractivity contribution in [2.75, 3.05) is 7.11 Å². The van der Waals surface area contributed by atoms with E-state index in [2.05, 4.69) is 5.32 Å². The quantitative estimate of drug-likeness (QED) is 0.781. The number of ether oxygens (including phenoxy) is 1. The van der Waals surface area contributed by atoms with Gasteiger partial charge in [0.1, 0.15) is 0 Å². The van der Waals surface area contributed by atoms with Gasteiger partial charge in [-0.05, 0) is 37.8 Å². The van der Waals surface area contributed by atoms with E-state index in [9.17, 15) is 9.90 Å². The van der Waals surface area contributed by atoms with Crippen molar-refractivity contribution in [2.45, 2.75) is 51.3 Å². The maximum absolute atomic E-state index is 11.5. The molecule has 20 heavy (non-hydrogen) atoms. The number of rotatable bonds is 6. The van der Waals surface area contributed by atoms with E-state index in [4.69, 9.17) is 4.74 Å². The minimum atomic E-state index is -0.699. The van der Waals surface area contributed by atoms with E-state index in [1.807, 2.05) is 32.0 Å². The summed E-state index contributed by atoms with van der Waals surface area (Å²) < 4.78 is 4.73. The molecule has 0 aliphatic heterocycles. The molecule has 0 radical (unpaired) electrons. The second kappa shape index (κ2) is 6.37. The van der Waals surface area contributed by atoms with E-state index < -0.39 is 6.10 Å². The lowest BCUT2D eigenvalue weighted by molar-refractivity contribution is -0.142. The summed E-state index contributed by atoms with van der Waals surface area (Å²) in [5.74, 6) is -0.299. The Morgan fingerprint density at radius 3 is 2.75 bits per heavy atom. The number of aliphatic hydroxyl groups excluding tert-OH is 1. The highest BCUT2D eigenvalue weighted by Crippen LogP contribution is 2.27. The standard InChI is InChI=1S/C16H23NO3/c1-10-4-5-11(2)13(8-10)16(19)14(9-15(18)20-3)17-12-6-7-12/h4-5,8,12,14,16-17,19H,6-7,9H2,1-3H3. The van der Waals surface area contributed by atoms with Crippen molar-refractivity contribution in [3.05, 3.63) is 34.9 Å². The van der Waals surface area contributed by atoms with Crippen LogP contribution in [0, 0.1) is 13.8 Å². The first-order valence-corrected chi connectivity index (χ1v) is 7.09. The van der Waals surface area contributed by atoms with Gasteiger partial charge in [-0.2, -0.15) is 0 Å². The lowest BCUT2D eigenvalue weighted by Gasteiger charge is -2.25. The van der Waals surface area contributed by atoms with Crippen molar-refractivity contribution in [3.8, 4) is 0 Å². The number of carbonyl (C=O) groups is 1. The van der Waals surface area contributed by atoms with Crippen LogP contribution in [-0.2, 0) is 9.53 Å². The first-order chi connectivity index (χ1) is 9.51. The molecule has 1 aromatic rings. The Balaban J connectivity index is 2.17. The average molecular weight is 277 g/mol. The largest absolute Gasteiger partial charge is 0.469 e. The SMILES string of the molecule is COC(=O)CC(NC1CC1)C(O)c1cc(C)ccc1C. The molecule has 2 atom stereocenters. The van der Waals surface area contributed by atoms with Crippen LogP contribution in [0.25, 0.3) is 0 Å². The molecule has 0 heterocycles. The number of hydrogen-bond donors (Lipinski definition) is 2. The molecule has 1 saturated carbocycles. The smallest absolute Gasteiger partial charge is 0.307 e. The van der Waals surface area contributed by atoms with E-state index in [0.717, 1.165) is 29.5 Å². The molecule has 0 spiro atoms.